The largest absolute Gasteiger partial charge is 0.448 e. The summed E-state index contributed by atoms with van der Waals surface area (Å²) in [5.74, 6) is -1.58. The molecule has 17 heavy (non-hydrogen) atoms. The predicted octanol–water partition coefficient (Wildman–Crippen LogP) is -1.88. The molecule has 1 aliphatic rings. The van der Waals surface area contributed by atoms with Gasteiger partial charge in [-0.15, -0.1) is 0 Å². The third-order valence-electron chi connectivity index (χ3n) is 1.87. The lowest BCUT2D eigenvalue weighted by Crippen LogP contribution is -2.41. The van der Waals surface area contributed by atoms with Crippen LogP contribution in [0.5, 0.6) is 0 Å². The maximum absolute atomic E-state index is 11.3. The van der Waals surface area contributed by atoms with Crippen LogP contribution in [0.4, 0.5) is 4.79 Å². The van der Waals surface area contributed by atoms with Gasteiger partial charge in [0.25, 0.3) is 11.8 Å². The van der Waals surface area contributed by atoms with E-state index in [-0.39, 0.29) is 19.7 Å². The number of primary amides is 1. The number of nitrogens with zero attached hydrogens (tertiary/aromatic N) is 1. The van der Waals surface area contributed by atoms with Gasteiger partial charge < -0.3 is 15.8 Å². The summed E-state index contributed by atoms with van der Waals surface area (Å²) in [5.41, 5.74) is 4.70. The van der Waals surface area contributed by atoms with Gasteiger partial charge in [-0.25, -0.2) is 4.79 Å². The van der Waals surface area contributed by atoms with Gasteiger partial charge in [0.15, 0.2) is 0 Å². The second kappa shape index (κ2) is 5.64. The van der Waals surface area contributed by atoms with Crippen LogP contribution < -0.4 is 11.1 Å². The van der Waals surface area contributed by atoms with E-state index in [1.165, 1.54) is 0 Å². The fourth-order valence-corrected chi connectivity index (χ4v) is 1.13. The standard InChI is InChI=1S/C9H11N3O5/c10-9(16)17-4-3-11-6(13)5-12-7(14)1-2-8(12)15/h1-2H,3-5H2,(H2,10,16)(H,11,13). The van der Waals surface area contributed by atoms with Gasteiger partial charge in [-0.2, -0.15) is 0 Å². The van der Waals surface area contributed by atoms with E-state index in [0.29, 0.717) is 0 Å². The number of ether oxygens (including phenoxy) is 1. The molecule has 0 aliphatic carbocycles. The fourth-order valence-electron chi connectivity index (χ4n) is 1.13. The van der Waals surface area contributed by atoms with Crippen molar-refractivity contribution in [2.75, 3.05) is 19.7 Å². The Balaban J connectivity index is 2.24. The molecular formula is C9H11N3O5. The number of rotatable bonds is 5. The summed E-state index contributed by atoms with van der Waals surface area (Å²) in [6.45, 7) is -0.367. The van der Waals surface area contributed by atoms with Crippen LogP contribution in [0.25, 0.3) is 0 Å². The Hall–Kier alpha value is -2.38. The van der Waals surface area contributed by atoms with Crippen LogP contribution in [0, 0.1) is 0 Å². The summed E-state index contributed by atoms with van der Waals surface area (Å²) in [6, 6.07) is 0. The maximum Gasteiger partial charge on any atom is 0.404 e. The zero-order valence-corrected chi connectivity index (χ0v) is 8.84. The molecule has 0 atom stereocenters. The summed E-state index contributed by atoms with van der Waals surface area (Å²) in [5, 5.41) is 2.36. The molecule has 0 saturated carbocycles. The highest BCUT2D eigenvalue weighted by Gasteiger charge is 2.25. The van der Waals surface area contributed by atoms with Crippen molar-refractivity contribution in [3.05, 3.63) is 12.2 Å². The topological polar surface area (TPSA) is 119 Å². The van der Waals surface area contributed by atoms with E-state index in [2.05, 4.69) is 10.1 Å². The average molecular weight is 241 g/mol. The van der Waals surface area contributed by atoms with Crippen molar-refractivity contribution in [1.82, 2.24) is 10.2 Å². The van der Waals surface area contributed by atoms with Crippen molar-refractivity contribution in [2.45, 2.75) is 0 Å². The highest BCUT2D eigenvalue weighted by Crippen LogP contribution is 2.01. The fraction of sp³-hybridized carbons (Fsp3) is 0.333. The van der Waals surface area contributed by atoms with E-state index >= 15 is 0 Å². The summed E-state index contributed by atoms with van der Waals surface area (Å²) in [7, 11) is 0. The van der Waals surface area contributed by atoms with Crippen molar-refractivity contribution in [3.8, 4) is 0 Å². The van der Waals surface area contributed by atoms with E-state index < -0.39 is 23.8 Å². The summed E-state index contributed by atoms with van der Waals surface area (Å²) < 4.78 is 4.37. The smallest absolute Gasteiger partial charge is 0.404 e. The molecular weight excluding hydrogens is 230 g/mol. The van der Waals surface area contributed by atoms with Crippen LogP contribution in [-0.2, 0) is 19.1 Å². The minimum atomic E-state index is -0.937. The number of carbonyl (C=O) groups is 4. The number of carbonyl (C=O) groups excluding carboxylic acids is 4. The first kappa shape index (κ1) is 12.7. The number of nitrogens with two attached hydrogens (primary N) is 1. The zero-order chi connectivity index (χ0) is 12.8. The average Bonchev–Trinajstić information content (AvgIpc) is 2.56. The van der Waals surface area contributed by atoms with E-state index in [1.54, 1.807) is 0 Å². The van der Waals surface area contributed by atoms with Gasteiger partial charge in [-0.3, -0.25) is 19.3 Å². The van der Waals surface area contributed by atoms with Crippen molar-refractivity contribution < 1.29 is 23.9 Å². The second-order valence-corrected chi connectivity index (χ2v) is 3.11. The first-order chi connectivity index (χ1) is 8.00. The lowest BCUT2D eigenvalue weighted by Gasteiger charge is -2.13. The quantitative estimate of drug-likeness (QED) is 0.431. The van der Waals surface area contributed by atoms with Crippen molar-refractivity contribution in [3.63, 3.8) is 0 Å². The number of amides is 4. The molecule has 0 unspecified atom stereocenters. The molecule has 4 amide bonds. The molecule has 0 spiro atoms. The predicted molar refractivity (Wildman–Crippen MR) is 54.4 cm³/mol. The highest BCUT2D eigenvalue weighted by atomic mass is 16.5. The SMILES string of the molecule is NC(=O)OCCNC(=O)CN1C(=O)C=CC1=O. The highest BCUT2D eigenvalue weighted by molar-refractivity contribution is 6.14. The van der Waals surface area contributed by atoms with Crippen molar-refractivity contribution >= 4 is 23.8 Å². The Bertz CT molecular complexity index is 372. The van der Waals surface area contributed by atoms with Gasteiger partial charge in [-0.05, 0) is 0 Å². The van der Waals surface area contributed by atoms with Crippen molar-refractivity contribution in [1.29, 1.82) is 0 Å². The minimum absolute atomic E-state index is 0.0609. The van der Waals surface area contributed by atoms with Crippen LogP contribution in [0.2, 0.25) is 0 Å². The molecule has 0 bridgehead atoms. The van der Waals surface area contributed by atoms with Gasteiger partial charge >= 0.3 is 6.09 Å². The summed E-state index contributed by atoms with van der Waals surface area (Å²) >= 11 is 0. The lowest BCUT2D eigenvalue weighted by atomic mass is 10.4. The number of nitrogens with one attached hydrogen (secondary N) is 1. The number of hydrogen-bond acceptors (Lipinski definition) is 5. The molecule has 0 fully saturated rings. The molecule has 0 aromatic carbocycles. The van der Waals surface area contributed by atoms with Gasteiger partial charge in [0.1, 0.15) is 13.2 Å². The maximum atomic E-state index is 11.3. The zero-order valence-electron chi connectivity index (χ0n) is 8.84. The third kappa shape index (κ3) is 3.93. The second-order valence-electron chi connectivity index (χ2n) is 3.11. The Kier molecular flexibility index (Phi) is 4.21. The minimum Gasteiger partial charge on any atom is -0.448 e. The van der Waals surface area contributed by atoms with E-state index in [1.807, 2.05) is 0 Å². The number of hydrogen-bond donors (Lipinski definition) is 2. The molecule has 0 aromatic rings. The van der Waals surface area contributed by atoms with Crippen LogP contribution in [0.15, 0.2) is 12.2 Å². The molecule has 8 nitrogen and oxygen atoms in total. The molecule has 0 radical (unpaired) electrons. The van der Waals surface area contributed by atoms with Gasteiger partial charge in [0.2, 0.25) is 5.91 Å². The molecule has 3 N–H and O–H groups in total. The van der Waals surface area contributed by atoms with Gasteiger partial charge in [0.05, 0.1) is 6.54 Å². The van der Waals surface area contributed by atoms with Gasteiger partial charge in [0, 0.05) is 12.2 Å². The van der Waals surface area contributed by atoms with Crippen LogP contribution in [0.1, 0.15) is 0 Å². The first-order valence-electron chi connectivity index (χ1n) is 4.73. The van der Waals surface area contributed by atoms with Crippen LogP contribution in [0.3, 0.4) is 0 Å². The molecule has 8 heteroatoms. The lowest BCUT2D eigenvalue weighted by molar-refractivity contribution is -0.141. The Labute approximate surface area is 96.4 Å². The molecule has 0 saturated heterocycles. The molecule has 1 aliphatic heterocycles. The number of imide groups is 1. The van der Waals surface area contributed by atoms with E-state index in [4.69, 9.17) is 5.73 Å². The Morgan fingerprint density at radius 2 is 1.88 bits per heavy atom. The monoisotopic (exact) mass is 241 g/mol. The Morgan fingerprint density at radius 3 is 2.41 bits per heavy atom. The normalized spacial score (nSPS) is 14.0. The molecule has 0 aromatic heterocycles. The Morgan fingerprint density at radius 1 is 1.29 bits per heavy atom. The van der Waals surface area contributed by atoms with Crippen LogP contribution >= 0.6 is 0 Å². The van der Waals surface area contributed by atoms with E-state index in [9.17, 15) is 19.2 Å². The molecule has 92 valence electrons. The van der Waals surface area contributed by atoms with Crippen molar-refractivity contribution in [2.24, 2.45) is 5.73 Å². The van der Waals surface area contributed by atoms with Gasteiger partial charge in [-0.1, -0.05) is 0 Å². The summed E-state index contributed by atoms with van der Waals surface area (Å²) in [6.07, 6.45) is 1.24. The van der Waals surface area contributed by atoms with E-state index in [0.717, 1.165) is 17.1 Å². The molecule has 1 rings (SSSR count). The first-order valence-corrected chi connectivity index (χ1v) is 4.73. The third-order valence-corrected chi connectivity index (χ3v) is 1.87. The molecule has 1 heterocycles. The van der Waals surface area contributed by atoms with Crippen LogP contribution in [-0.4, -0.2) is 48.4 Å². The summed E-state index contributed by atoms with van der Waals surface area (Å²) in [4.78, 5) is 44.4.